The van der Waals surface area contributed by atoms with Crippen molar-refractivity contribution < 1.29 is 19.8 Å². The molecule has 0 amide bonds. The Morgan fingerprint density at radius 1 is 1.24 bits per heavy atom. The molecule has 0 aliphatic heterocycles. The number of carboxylic acids is 2. The third kappa shape index (κ3) is 2.96. The Balaban J connectivity index is 2.63. The Labute approximate surface area is 131 Å². The molecule has 1 unspecified atom stereocenters. The van der Waals surface area contributed by atoms with Crippen LogP contribution < -0.4 is 0 Å². The van der Waals surface area contributed by atoms with Gasteiger partial charge >= 0.3 is 11.9 Å². The molecule has 0 spiro atoms. The molecule has 2 rings (SSSR count). The number of carboxylic acid groups (broad SMARTS) is 2. The molecule has 1 aliphatic carbocycles. The van der Waals surface area contributed by atoms with Gasteiger partial charge in [0.1, 0.15) is 0 Å². The first kappa shape index (κ1) is 15.6. The van der Waals surface area contributed by atoms with Gasteiger partial charge in [-0.2, -0.15) is 0 Å². The molecule has 1 aromatic rings. The molecule has 21 heavy (non-hydrogen) atoms. The summed E-state index contributed by atoms with van der Waals surface area (Å²) < 4.78 is 0. The molecule has 0 bridgehead atoms. The van der Waals surface area contributed by atoms with E-state index in [0.717, 1.165) is 0 Å². The van der Waals surface area contributed by atoms with Gasteiger partial charge in [0.15, 0.2) is 0 Å². The van der Waals surface area contributed by atoms with Crippen LogP contribution in [0.15, 0.2) is 35.9 Å². The smallest absolute Gasteiger partial charge is 0.331 e. The van der Waals surface area contributed by atoms with Crippen molar-refractivity contribution in [3.63, 3.8) is 0 Å². The van der Waals surface area contributed by atoms with Crippen molar-refractivity contribution in [2.45, 2.75) is 13.3 Å². The summed E-state index contributed by atoms with van der Waals surface area (Å²) in [5, 5.41) is 19.1. The topological polar surface area (TPSA) is 74.6 Å². The fourth-order valence-electron chi connectivity index (χ4n) is 2.23. The Kier molecular flexibility index (Phi) is 4.12. The van der Waals surface area contributed by atoms with Gasteiger partial charge in [-0.05, 0) is 31.1 Å². The second-order valence-corrected chi connectivity index (χ2v) is 5.86. The summed E-state index contributed by atoms with van der Waals surface area (Å²) in [5.74, 6) is -2.24. The molecule has 1 aromatic carbocycles. The van der Waals surface area contributed by atoms with E-state index in [9.17, 15) is 19.8 Å². The molecule has 1 atom stereocenters. The van der Waals surface area contributed by atoms with Crippen molar-refractivity contribution >= 4 is 40.7 Å². The zero-order chi connectivity index (χ0) is 15.8. The predicted molar refractivity (Wildman–Crippen MR) is 80.5 cm³/mol. The van der Waals surface area contributed by atoms with Gasteiger partial charge in [0.25, 0.3) is 0 Å². The van der Waals surface area contributed by atoms with Gasteiger partial charge in [-0.1, -0.05) is 41.4 Å². The van der Waals surface area contributed by atoms with Crippen molar-refractivity contribution in [1.29, 1.82) is 0 Å². The molecular weight excluding hydrogens is 315 g/mol. The fraction of sp³-hybridized carbons (Fsp3) is 0.200. The minimum absolute atomic E-state index is 0.0217. The van der Waals surface area contributed by atoms with E-state index in [1.165, 1.54) is 19.1 Å². The highest BCUT2D eigenvalue weighted by Gasteiger charge is 2.37. The maximum Gasteiger partial charge on any atom is 0.331 e. The second-order valence-electron chi connectivity index (χ2n) is 5.08. The summed E-state index contributed by atoms with van der Waals surface area (Å²) in [6.45, 7) is 1.48. The first-order chi connectivity index (χ1) is 9.74. The van der Waals surface area contributed by atoms with Crippen LogP contribution in [0.4, 0.5) is 0 Å². The van der Waals surface area contributed by atoms with E-state index >= 15 is 0 Å². The maximum atomic E-state index is 11.4. The number of halogens is 2. The van der Waals surface area contributed by atoms with Crippen LogP contribution in [0.3, 0.4) is 0 Å². The van der Waals surface area contributed by atoms with Gasteiger partial charge < -0.3 is 10.2 Å². The van der Waals surface area contributed by atoms with Crippen molar-refractivity contribution in [2.24, 2.45) is 5.41 Å². The lowest BCUT2D eigenvalue weighted by Gasteiger charge is -2.26. The van der Waals surface area contributed by atoms with Crippen LogP contribution >= 0.6 is 23.2 Å². The molecule has 0 saturated carbocycles. The van der Waals surface area contributed by atoms with Gasteiger partial charge in [0.05, 0.1) is 15.5 Å². The van der Waals surface area contributed by atoms with E-state index in [1.54, 1.807) is 18.2 Å². The molecule has 4 nitrogen and oxygen atoms in total. The van der Waals surface area contributed by atoms with Crippen molar-refractivity contribution in [1.82, 2.24) is 0 Å². The Morgan fingerprint density at radius 2 is 1.90 bits per heavy atom. The maximum absolute atomic E-state index is 11.4. The van der Waals surface area contributed by atoms with Crippen LogP contribution in [0.1, 0.15) is 18.9 Å². The Bertz CT molecular complexity index is 691. The van der Waals surface area contributed by atoms with E-state index in [0.29, 0.717) is 16.2 Å². The summed E-state index contributed by atoms with van der Waals surface area (Å²) in [7, 11) is 0. The number of hydrogen-bond acceptors (Lipinski definition) is 2. The SMILES string of the molecule is CC1(C(=O)O)C=C(c2cccc(Cl)c2Cl)C=C(C(=O)O)C1. The third-order valence-corrected chi connectivity index (χ3v) is 4.21. The number of allylic oxidation sites excluding steroid dienone is 2. The largest absolute Gasteiger partial charge is 0.481 e. The van der Waals surface area contributed by atoms with Crippen LogP contribution in [0.25, 0.3) is 5.57 Å². The van der Waals surface area contributed by atoms with Gasteiger partial charge in [0, 0.05) is 11.1 Å². The molecule has 110 valence electrons. The van der Waals surface area contributed by atoms with E-state index in [1.807, 2.05) is 0 Å². The van der Waals surface area contributed by atoms with Crippen molar-refractivity contribution in [3.05, 3.63) is 51.5 Å². The van der Waals surface area contributed by atoms with Crippen LogP contribution in [0.5, 0.6) is 0 Å². The predicted octanol–water partition coefficient (Wildman–Crippen LogP) is 3.88. The quantitative estimate of drug-likeness (QED) is 0.883. The molecular formula is C15H12Cl2O4. The van der Waals surface area contributed by atoms with Crippen LogP contribution in [0, 0.1) is 5.41 Å². The monoisotopic (exact) mass is 326 g/mol. The number of rotatable bonds is 3. The lowest BCUT2D eigenvalue weighted by Crippen LogP contribution is -2.29. The zero-order valence-corrected chi connectivity index (χ0v) is 12.6. The van der Waals surface area contributed by atoms with E-state index in [2.05, 4.69) is 0 Å². The fourth-order valence-corrected chi connectivity index (χ4v) is 2.64. The first-order valence-electron chi connectivity index (χ1n) is 6.09. The molecule has 0 aromatic heterocycles. The number of carbonyl (C=O) groups is 2. The summed E-state index contributed by atoms with van der Waals surface area (Å²) in [5.41, 5.74) is -0.330. The van der Waals surface area contributed by atoms with E-state index in [-0.39, 0.29) is 17.0 Å². The third-order valence-electron chi connectivity index (χ3n) is 3.39. The highest BCUT2D eigenvalue weighted by Crippen LogP contribution is 2.40. The van der Waals surface area contributed by atoms with Crippen LogP contribution in [-0.4, -0.2) is 22.2 Å². The van der Waals surface area contributed by atoms with Crippen molar-refractivity contribution in [3.8, 4) is 0 Å². The second kappa shape index (κ2) is 5.54. The highest BCUT2D eigenvalue weighted by atomic mass is 35.5. The molecule has 0 saturated heterocycles. The molecule has 0 heterocycles. The summed E-state index contributed by atoms with van der Waals surface area (Å²) in [6.07, 6.45) is 2.86. The van der Waals surface area contributed by atoms with Crippen LogP contribution in [0.2, 0.25) is 10.0 Å². The molecule has 2 N–H and O–H groups in total. The van der Waals surface area contributed by atoms with Crippen molar-refractivity contribution in [2.75, 3.05) is 0 Å². The summed E-state index contributed by atoms with van der Waals surface area (Å²) in [4.78, 5) is 22.7. The minimum atomic E-state index is -1.30. The highest BCUT2D eigenvalue weighted by molar-refractivity contribution is 6.43. The zero-order valence-electron chi connectivity index (χ0n) is 11.1. The van der Waals surface area contributed by atoms with E-state index < -0.39 is 17.4 Å². The summed E-state index contributed by atoms with van der Waals surface area (Å²) >= 11 is 12.1. The normalized spacial score (nSPS) is 21.5. The van der Waals surface area contributed by atoms with Gasteiger partial charge in [-0.3, -0.25) is 4.79 Å². The Hall–Kier alpha value is -1.78. The lowest BCUT2D eigenvalue weighted by atomic mass is 9.76. The summed E-state index contributed by atoms with van der Waals surface area (Å²) in [6, 6.07) is 4.95. The Morgan fingerprint density at radius 3 is 2.48 bits per heavy atom. The number of hydrogen-bond donors (Lipinski definition) is 2. The minimum Gasteiger partial charge on any atom is -0.481 e. The number of aliphatic carboxylic acids is 2. The average molecular weight is 327 g/mol. The van der Waals surface area contributed by atoms with Crippen LogP contribution in [-0.2, 0) is 9.59 Å². The molecule has 0 radical (unpaired) electrons. The molecule has 1 aliphatic rings. The van der Waals surface area contributed by atoms with Gasteiger partial charge in [-0.15, -0.1) is 0 Å². The average Bonchev–Trinajstić information content (AvgIpc) is 2.41. The number of benzene rings is 1. The van der Waals surface area contributed by atoms with Gasteiger partial charge in [-0.25, -0.2) is 4.79 Å². The molecule has 6 heteroatoms. The van der Waals surface area contributed by atoms with Gasteiger partial charge in [0.2, 0.25) is 0 Å². The van der Waals surface area contributed by atoms with E-state index in [4.69, 9.17) is 23.2 Å². The standard InChI is InChI=1S/C15H12Cl2O4/c1-15(14(20)21)6-8(5-9(7-15)13(18)19)10-3-2-4-11(16)12(10)17/h2-6H,7H2,1H3,(H,18,19)(H,20,21). The molecule has 0 fully saturated rings. The lowest BCUT2D eigenvalue weighted by molar-refractivity contribution is -0.145. The first-order valence-corrected chi connectivity index (χ1v) is 6.85.